The van der Waals surface area contributed by atoms with Gasteiger partial charge in [-0.05, 0) is 48.7 Å². The zero-order valence-corrected chi connectivity index (χ0v) is 14.6. The Morgan fingerprint density at radius 3 is 2.61 bits per heavy atom. The molecule has 0 saturated heterocycles. The number of hydrogen-bond acceptors (Lipinski definition) is 3. The second kappa shape index (κ2) is 8.60. The molecule has 0 heterocycles. The van der Waals surface area contributed by atoms with Gasteiger partial charge in [0.2, 0.25) is 0 Å². The Balaban J connectivity index is 1.86. The van der Waals surface area contributed by atoms with Crippen molar-refractivity contribution in [3.63, 3.8) is 0 Å². The van der Waals surface area contributed by atoms with Gasteiger partial charge in [-0.15, -0.1) is 11.8 Å². The van der Waals surface area contributed by atoms with Crippen LogP contribution in [0.15, 0.2) is 53.4 Å². The lowest BCUT2D eigenvalue weighted by atomic mass is 10.2. The van der Waals surface area contributed by atoms with Crippen LogP contribution in [-0.2, 0) is 11.3 Å². The lowest BCUT2D eigenvalue weighted by molar-refractivity contribution is -0.885. The minimum Gasteiger partial charge on any atom is -0.497 e. The van der Waals surface area contributed by atoms with E-state index in [1.54, 1.807) is 18.9 Å². The second-order valence-corrected chi connectivity index (χ2v) is 6.32. The molecular formula is C18H23N2O2S+. The van der Waals surface area contributed by atoms with Gasteiger partial charge in [0.15, 0.2) is 6.54 Å². The van der Waals surface area contributed by atoms with E-state index >= 15 is 0 Å². The molecule has 5 heteroatoms. The third-order valence-electron chi connectivity index (χ3n) is 3.48. The maximum Gasteiger partial charge on any atom is 0.279 e. The molecule has 1 unspecified atom stereocenters. The predicted octanol–water partition coefficient (Wildman–Crippen LogP) is 2.07. The number of rotatable bonds is 7. The van der Waals surface area contributed by atoms with Crippen LogP contribution < -0.4 is 15.0 Å². The monoisotopic (exact) mass is 331 g/mol. The summed E-state index contributed by atoms with van der Waals surface area (Å²) >= 11 is 1.66. The average molecular weight is 331 g/mol. The number of ether oxygens (including phenoxy) is 1. The first-order valence-electron chi connectivity index (χ1n) is 7.49. The molecule has 0 aliphatic rings. The molecule has 122 valence electrons. The Morgan fingerprint density at radius 2 is 1.96 bits per heavy atom. The van der Waals surface area contributed by atoms with Crippen molar-refractivity contribution in [3.8, 4) is 5.75 Å². The molecule has 0 saturated carbocycles. The van der Waals surface area contributed by atoms with Gasteiger partial charge in [0.05, 0.1) is 14.2 Å². The smallest absolute Gasteiger partial charge is 0.279 e. The number of thioether (sulfide) groups is 1. The molecule has 0 aliphatic carbocycles. The van der Waals surface area contributed by atoms with E-state index in [1.807, 2.05) is 61.8 Å². The lowest BCUT2D eigenvalue weighted by Crippen LogP contribution is -3.08. The van der Waals surface area contributed by atoms with E-state index in [9.17, 15) is 4.79 Å². The molecule has 2 aromatic carbocycles. The number of anilines is 1. The van der Waals surface area contributed by atoms with Crippen molar-refractivity contribution in [2.45, 2.75) is 11.4 Å². The van der Waals surface area contributed by atoms with Crippen molar-refractivity contribution in [2.24, 2.45) is 0 Å². The van der Waals surface area contributed by atoms with E-state index in [0.717, 1.165) is 27.8 Å². The maximum absolute atomic E-state index is 12.2. The van der Waals surface area contributed by atoms with Gasteiger partial charge in [-0.25, -0.2) is 0 Å². The zero-order chi connectivity index (χ0) is 16.7. The Bertz CT molecular complexity index is 644. The molecule has 4 nitrogen and oxygen atoms in total. The Morgan fingerprint density at radius 1 is 1.22 bits per heavy atom. The summed E-state index contributed by atoms with van der Waals surface area (Å²) in [5.74, 6) is 0.868. The molecule has 1 atom stereocenters. The van der Waals surface area contributed by atoms with Crippen LogP contribution in [0.2, 0.25) is 0 Å². The fourth-order valence-corrected chi connectivity index (χ4v) is 2.79. The number of hydrogen-bond donors (Lipinski definition) is 2. The highest BCUT2D eigenvalue weighted by atomic mass is 32.2. The van der Waals surface area contributed by atoms with E-state index in [0.29, 0.717) is 6.54 Å². The molecular weight excluding hydrogens is 308 g/mol. The first kappa shape index (κ1) is 17.4. The maximum atomic E-state index is 12.2. The summed E-state index contributed by atoms with van der Waals surface area (Å²) in [6.07, 6.45) is 2.02. The Kier molecular flexibility index (Phi) is 6.50. The summed E-state index contributed by atoms with van der Waals surface area (Å²) in [4.78, 5) is 14.4. The van der Waals surface area contributed by atoms with Crippen molar-refractivity contribution in [2.75, 3.05) is 32.3 Å². The fraction of sp³-hybridized carbons (Fsp3) is 0.278. The van der Waals surface area contributed by atoms with Gasteiger partial charge >= 0.3 is 0 Å². The molecule has 0 spiro atoms. The molecule has 0 bridgehead atoms. The minimum absolute atomic E-state index is 0.0225. The standard InChI is InChI=1S/C18H22N2O2S/c1-20(12-14-7-9-16(22-2)10-8-14)13-18(21)19-15-5-4-6-17(11-15)23-3/h4-11H,12-13H2,1-3H3,(H,19,21)/p+1. The van der Waals surface area contributed by atoms with Gasteiger partial charge in [-0.1, -0.05) is 6.07 Å². The molecule has 23 heavy (non-hydrogen) atoms. The molecule has 1 amide bonds. The minimum atomic E-state index is 0.0225. The quantitative estimate of drug-likeness (QED) is 0.764. The van der Waals surface area contributed by atoms with E-state index in [1.165, 1.54) is 5.56 Å². The summed E-state index contributed by atoms with van der Waals surface area (Å²) < 4.78 is 5.15. The van der Waals surface area contributed by atoms with Gasteiger partial charge in [0.25, 0.3) is 5.91 Å². The van der Waals surface area contributed by atoms with Crippen molar-refractivity contribution >= 4 is 23.4 Å². The van der Waals surface area contributed by atoms with Crippen LogP contribution in [0, 0.1) is 0 Å². The number of nitrogens with one attached hydrogen (secondary N) is 2. The Labute approximate surface area is 141 Å². The lowest BCUT2D eigenvalue weighted by Gasteiger charge is -2.14. The molecule has 2 aromatic rings. The van der Waals surface area contributed by atoms with Crippen LogP contribution in [0.4, 0.5) is 5.69 Å². The second-order valence-electron chi connectivity index (χ2n) is 5.44. The summed E-state index contributed by atoms with van der Waals surface area (Å²) in [5, 5.41) is 2.96. The highest BCUT2D eigenvalue weighted by molar-refractivity contribution is 7.98. The van der Waals surface area contributed by atoms with Crippen LogP contribution in [0.25, 0.3) is 0 Å². The first-order valence-corrected chi connectivity index (χ1v) is 8.71. The number of amides is 1. The molecule has 2 rings (SSSR count). The number of likely N-dealkylation sites (N-methyl/N-ethyl adjacent to an activating group) is 1. The third-order valence-corrected chi connectivity index (χ3v) is 4.21. The summed E-state index contributed by atoms with van der Waals surface area (Å²) in [5.41, 5.74) is 2.03. The summed E-state index contributed by atoms with van der Waals surface area (Å²) in [7, 11) is 3.67. The summed E-state index contributed by atoms with van der Waals surface area (Å²) in [6.45, 7) is 1.22. The van der Waals surface area contributed by atoms with E-state index in [2.05, 4.69) is 5.32 Å². The summed E-state index contributed by atoms with van der Waals surface area (Å²) in [6, 6.07) is 15.8. The van der Waals surface area contributed by atoms with Crippen molar-refractivity contribution in [1.82, 2.24) is 0 Å². The van der Waals surface area contributed by atoms with Crippen LogP contribution in [0.3, 0.4) is 0 Å². The first-order chi connectivity index (χ1) is 11.1. The number of methoxy groups -OCH3 is 1. The van der Waals surface area contributed by atoms with Gasteiger partial charge in [-0.3, -0.25) is 4.79 Å². The van der Waals surface area contributed by atoms with Crippen LogP contribution in [0.5, 0.6) is 5.75 Å². The zero-order valence-electron chi connectivity index (χ0n) is 13.8. The third kappa shape index (κ3) is 5.62. The van der Waals surface area contributed by atoms with Gasteiger partial charge in [-0.2, -0.15) is 0 Å². The van der Waals surface area contributed by atoms with E-state index in [4.69, 9.17) is 4.74 Å². The van der Waals surface area contributed by atoms with Crippen LogP contribution >= 0.6 is 11.8 Å². The fourth-order valence-electron chi connectivity index (χ4n) is 2.33. The predicted molar refractivity (Wildman–Crippen MR) is 95.3 cm³/mol. The number of benzene rings is 2. The number of carbonyl (C=O) groups is 1. The SMILES string of the molecule is COc1ccc(C[NH+](C)CC(=O)Nc2cccc(SC)c2)cc1. The van der Waals surface area contributed by atoms with Gasteiger partial charge < -0.3 is 15.0 Å². The highest BCUT2D eigenvalue weighted by Gasteiger charge is 2.11. The normalized spacial score (nSPS) is 11.8. The topological polar surface area (TPSA) is 42.8 Å². The van der Waals surface area contributed by atoms with Crippen molar-refractivity contribution in [3.05, 3.63) is 54.1 Å². The average Bonchev–Trinajstić information content (AvgIpc) is 2.55. The van der Waals surface area contributed by atoms with Gasteiger partial charge in [0, 0.05) is 16.1 Å². The van der Waals surface area contributed by atoms with Crippen molar-refractivity contribution < 1.29 is 14.4 Å². The highest BCUT2D eigenvalue weighted by Crippen LogP contribution is 2.18. The molecule has 0 aliphatic heterocycles. The Hall–Kier alpha value is -1.98. The molecule has 0 aromatic heterocycles. The molecule has 0 fully saturated rings. The number of quaternary nitrogens is 1. The van der Waals surface area contributed by atoms with E-state index < -0.39 is 0 Å². The number of carbonyl (C=O) groups excluding carboxylic acids is 1. The molecule has 0 radical (unpaired) electrons. The van der Waals surface area contributed by atoms with Crippen molar-refractivity contribution in [1.29, 1.82) is 0 Å². The van der Waals surface area contributed by atoms with E-state index in [-0.39, 0.29) is 5.91 Å². The van der Waals surface area contributed by atoms with Crippen LogP contribution in [0.1, 0.15) is 5.56 Å². The van der Waals surface area contributed by atoms with Gasteiger partial charge in [0.1, 0.15) is 12.3 Å². The molecule has 2 N–H and O–H groups in total. The van der Waals surface area contributed by atoms with Crippen LogP contribution in [-0.4, -0.2) is 32.9 Å². The largest absolute Gasteiger partial charge is 0.497 e.